The van der Waals surface area contributed by atoms with Gasteiger partial charge in [-0.2, -0.15) is 0 Å². The number of aromatic nitrogens is 3. The summed E-state index contributed by atoms with van der Waals surface area (Å²) in [4.78, 5) is 50.3. The molecule has 10 heteroatoms. The standard InChI is InChI=1S/C34H36N4O6/c1-34(2,3)44-33(41)23-12-13-27-28(16-23)37(19-25-14-15-42-25)29(35-27)20-38-31(39)17-24(18-32(38)40)26-10-7-11-30(36-26)43-21-22-8-5-4-6-9-22/h4-13,16,24-25H,14-15,17-21H2,1-3H3/t25-/m0/s1. The molecule has 228 valence electrons. The fraction of sp³-hybridized carbons (Fsp3) is 0.382. The molecule has 10 nitrogen and oxygen atoms in total. The summed E-state index contributed by atoms with van der Waals surface area (Å²) >= 11 is 0. The van der Waals surface area contributed by atoms with Gasteiger partial charge in [0, 0.05) is 37.1 Å². The Hall–Kier alpha value is -4.57. The number of imide groups is 1. The van der Waals surface area contributed by atoms with Gasteiger partial charge in [0.05, 0.1) is 35.8 Å². The van der Waals surface area contributed by atoms with E-state index in [-0.39, 0.29) is 43.2 Å². The summed E-state index contributed by atoms with van der Waals surface area (Å²) in [5.41, 5.74) is 2.85. The molecule has 2 saturated heterocycles. The highest BCUT2D eigenvalue weighted by Crippen LogP contribution is 2.31. The Morgan fingerprint density at radius 1 is 0.977 bits per heavy atom. The molecule has 0 aliphatic carbocycles. The molecule has 44 heavy (non-hydrogen) atoms. The molecule has 0 bridgehead atoms. The molecule has 4 aromatic rings. The molecule has 2 fully saturated rings. The van der Waals surface area contributed by atoms with Crippen LogP contribution in [0.3, 0.4) is 0 Å². The molecule has 0 N–H and O–H groups in total. The second-order valence-corrected chi connectivity index (χ2v) is 12.3. The molecule has 2 aliphatic heterocycles. The number of benzene rings is 2. The molecule has 2 amide bonds. The number of pyridine rings is 1. The van der Waals surface area contributed by atoms with Gasteiger partial charge in [-0.05, 0) is 57.0 Å². The summed E-state index contributed by atoms with van der Waals surface area (Å²) in [5.74, 6) is -0.319. The Morgan fingerprint density at radius 3 is 2.41 bits per heavy atom. The molecule has 2 aromatic carbocycles. The van der Waals surface area contributed by atoms with Gasteiger partial charge in [0.1, 0.15) is 18.0 Å². The van der Waals surface area contributed by atoms with E-state index >= 15 is 0 Å². The topological polar surface area (TPSA) is 113 Å². The number of rotatable bonds is 9. The average molecular weight is 597 g/mol. The van der Waals surface area contributed by atoms with Crippen molar-refractivity contribution >= 4 is 28.8 Å². The Morgan fingerprint density at radius 2 is 1.73 bits per heavy atom. The Labute approximate surface area is 255 Å². The number of imidazole rings is 1. The predicted molar refractivity (Wildman–Crippen MR) is 162 cm³/mol. The lowest BCUT2D eigenvalue weighted by Gasteiger charge is -2.31. The van der Waals surface area contributed by atoms with Crippen molar-refractivity contribution in [1.82, 2.24) is 19.4 Å². The Kier molecular flexibility index (Phi) is 8.18. The molecule has 2 aliphatic rings. The number of amides is 2. The average Bonchev–Trinajstić information content (AvgIpc) is 3.31. The molecule has 2 aromatic heterocycles. The number of nitrogens with zero attached hydrogens (tertiary/aromatic N) is 4. The number of likely N-dealkylation sites (tertiary alicyclic amines) is 1. The lowest BCUT2D eigenvalue weighted by Crippen LogP contribution is -2.43. The Bertz CT molecular complexity index is 1670. The number of ether oxygens (including phenoxy) is 3. The fourth-order valence-corrected chi connectivity index (χ4v) is 5.44. The first-order valence-electron chi connectivity index (χ1n) is 14.9. The van der Waals surface area contributed by atoms with Crippen molar-refractivity contribution < 1.29 is 28.6 Å². The quantitative estimate of drug-likeness (QED) is 0.192. The molecular weight excluding hydrogens is 560 g/mol. The highest BCUT2D eigenvalue weighted by Gasteiger charge is 2.35. The number of piperidine rings is 1. The minimum Gasteiger partial charge on any atom is -0.473 e. The minimum absolute atomic E-state index is 0.00377. The van der Waals surface area contributed by atoms with Gasteiger partial charge < -0.3 is 18.8 Å². The van der Waals surface area contributed by atoms with E-state index < -0.39 is 11.6 Å². The van der Waals surface area contributed by atoms with Gasteiger partial charge in [0.2, 0.25) is 17.7 Å². The van der Waals surface area contributed by atoms with E-state index in [4.69, 9.17) is 19.2 Å². The van der Waals surface area contributed by atoms with Gasteiger partial charge in [-0.25, -0.2) is 14.8 Å². The number of fused-ring (bicyclic) bond motifs is 1. The molecule has 0 spiro atoms. The maximum atomic E-state index is 13.4. The Balaban J connectivity index is 1.19. The second kappa shape index (κ2) is 12.2. The maximum Gasteiger partial charge on any atom is 0.338 e. The van der Waals surface area contributed by atoms with E-state index in [9.17, 15) is 14.4 Å². The zero-order valence-electron chi connectivity index (χ0n) is 25.2. The summed E-state index contributed by atoms with van der Waals surface area (Å²) in [6.07, 6.45) is 1.19. The molecule has 0 unspecified atom stereocenters. The van der Waals surface area contributed by atoms with Crippen LogP contribution >= 0.6 is 0 Å². The van der Waals surface area contributed by atoms with Gasteiger partial charge >= 0.3 is 5.97 Å². The third kappa shape index (κ3) is 6.65. The van der Waals surface area contributed by atoms with Crippen LogP contribution < -0.4 is 4.74 Å². The normalized spacial score (nSPS) is 17.5. The van der Waals surface area contributed by atoms with Crippen molar-refractivity contribution in [1.29, 1.82) is 0 Å². The summed E-state index contributed by atoms with van der Waals surface area (Å²) in [5, 5.41) is 0. The van der Waals surface area contributed by atoms with Crippen molar-refractivity contribution in [2.75, 3.05) is 6.61 Å². The third-order valence-electron chi connectivity index (χ3n) is 7.78. The van der Waals surface area contributed by atoms with Crippen LogP contribution in [0, 0.1) is 0 Å². The third-order valence-corrected chi connectivity index (χ3v) is 7.78. The summed E-state index contributed by atoms with van der Waals surface area (Å²) in [6.45, 7) is 7.06. The zero-order chi connectivity index (χ0) is 30.8. The monoisotopic (exact) mass is 596 g/mol. The second-order valence-electron chi connectivity index (χ2n) is 12.3. The van der Waals surface area contributed by atoms with Gasteiger partial charge in [0.15, 0.2) is 0 Å². The van der Waals surface area contributed by atoms with Crippen LogP contribution in [0.4, 0.5) is 0 Å². The van der Waals surface area contributed by atoms with Crippen LogP contribution in [0.2, 0.25) is 0 Å². The van der Waals surface area contributed by atoms with E-state index in [1.807, 2.05) is 67.8 Å². The highest BCUT2D eigenvalue weighted by atomic mass is 16.6. The molecule has 1 atom stereocenters. The number of hydrogen-bond acceptors (Lipinski definition) is 8. The van der Waals surface area contributed by atoms with Gasteiger partial charge in [0.25, 0.3) is 0 Å². The van der Waals surface area contributed by atoms with Crippen molar-refractivity contribution in [3.05, 3.63) is 89.4 Å². The lowest BCUT2D eigenvalue weighted by molar-refractivity contribution is -0.149. The summed E-state index contributed by atoms with van der Waals surface area (Å²) < 4.78 is 19.1. The summed E-state index contributed by atoms with van der Waals surface area (Å²) in [6, 6.07) is 20.4. The maximum absolute atomic E-state index is 13.4. The minimum atomic E-state index is -0.629. The van der Waals surface area contributed by atoms with E-state index in [1.54, 1.807) is 24.3 Å². The van der Waals surface area contributed by atoms with Gasteiger partial charge in [-0.1, -0.05) is 36.4 Å². The number of carbonyl (C=O) groups is 3. The zero-order valence-corrected chi connectivity index (χ0v) is 25.2. The number of esters is 1. The smallest absolute Gasteiger partial charge is 0.338 e. The molecule has 4 heterocycles. The van der Waals surface area contributed by atoms with E-state index in [0.717, 1.165) is 17.5 Å². The first kappa shape index (κ1) is 29.5. The predicted octanol–water partition coefficient (Wildman–Crippen LogP) is 5.19. The highest BCUT2D eigenvalue weighted by molar-refractivity contribution is 5.98. The fourth-order valence-electron chi connectivity index (χ4n) is 5.44. The molecular formula is C34H36N4O6. The number of carbonyl (C=O) groups excluding carboxylic acids is 3. The first-order valence-corrected chi connectivity index (χ1v) is 14.9. The lowest BCUT2D eigenvalue weighted by atomic mass is 9.92. The van der Waals surface area contributed by atoms with Crippen molar-refractivity contribution in [3.8, 4) is 5.88 Å². The molecule has 0 saturated carbocycles. The SMILES string of the molecule is CC(C)(C)OC(=O)c1ccc2nc(CN3C(=O)CC(c4cccc(OCc5ccccc5)n4)CC3=O)n(C[C@@H]3CCO3)c2c1. The first-order chi connectivity index (χ1) is 21.1. The van der Waals surface area contributed by atoms with Crippen molar-refractivity contribution in [2.45, 2.75) is 77.4 Å². The van der Waals surface area contributed by atoms with Gasteiger partial charge in [-0.15, -0.1) is 0 Å². The van der Waals surface area contributed by atoms with Crippen LogP contribution in [0.25, 0.3) is 11.0 Å². The van der Waals surface area contributed by atoms with Crippen molar-refractivity contribution in [3.63, 3.8) is 0 Å². The van der Waals surface area contributed by atoms with E-state index in [0.29, 0.717) is 48.2 Å². The molecule has 6 rings (SSSR count). The number of hydrogen-bond donors (Lipinski definition) is 0. The van der Waals surface area contributed by atoms with Crippen LogP contribution in [0.15, 0.2) is 66.7 Å². The largest absolute Gasteiger partial charge is 0.473 e. The van der Waals surface area contributed by atoms with Crippen LogP contribution in [0.5, 0.6) is 5.88 Å². The van der Waals surface area contributed by atoms with Crippen LogP contribution in [-0.2, 0) is 38.8 Å². The van der Waals surface area contributed by atoms with Gasteiger partial charge in [-0.3, -0.25) is 14.5 Å². The van der Waals surface area contributed by atoms with Crippen molar-refractivity contribution in [2.24, 2.45) is 0 Å². The van der Waals surface area contributed by atoms with Crippen LogP contribution in [0.1, 0.15) is 73.4 Å². The van der Waals surface area contributed by atoms with E-state index in [1.165, 1.54) is 4.90 Å². The summed E-state index contributed by atoms with van der Waals surface area (Å²) in [7, 11) is 0. The molecule has 0 radical (unpaired) electrons. The van der Waals surface area contributed by atoms with Crippen LogP contribution in [-0.4, -0.2) is 55.5 Å². The van der Waals surface area contributed by atoms with E-state index in [2.05, 4.69) is 4.98 Å².